The number of amides is 2. The SMILES string of the molecule is C/C=C/c1ccc2n(c1=O)C[C@@H]1[C@@H](CO)[C@H](C(=O)N3CCc4ccccc4C3)[C@H]2N1CCC.C/C=C\c1ccc2n(c1=O)C[C@@H]1[C@@H](CO)[C@H](C(=O)N3CCc4ccccc4C3)[C@H]2N1CCC. The van der Waals surface area contributed by atoms with Crippen molar-refractivity contribution in [2.45, 2.75) is 104 Å². The lowest BCUT2D eigenvalue weighted by atomic mass is 9.85. The maximum absolute atomic E-state index is 14.0. The number of benzene rings is 2. The molecular formula is C54H66N6O6. The predicted molar refractivity (Wildman–Crippen MR) is 257 cm³/mol. The van der Waals surface area contributed by atoms with Crippen molar-refractivity contribution in [2.75, 3.05) is 39.4 Å². The van der Waals surface area contributed by atoms with Crippen LogP contribution in [0.4, 0.5) is 0 Å². The van der Waals surface area contributed by atoms with Gasteiger partial charge in [-0.25, -0.2) is 0 Å². The number of hydrogen-bond acceptors (Lipinski definition) is 8. The van der Waals surface area contributed by atoms with Gasteiger partial charge in [0.1, 0.15) is 0 Å². The molecule has 2 amide bonds. The van der Waals surface area contributed by atoms with Crippen molar-refractivity contribution < 1.29 is 19.8 Å². The Balaban J connectivity index is 0.000000166. The number of nitrogens with zero attached hydrogens (tertiary/aromatic N) is 6. The van der Waals surface area contributed by atoms with Gasteiger partial charge >= 0.3 is 0 Å². The third kappa shape index (κ3) is 7.93. The summed E-state index contributed by atoms with van der Waals surface area (Å²) in [5.41, 5.74) is 8.17. The molecule has 348 valence electrons. The molecule has 0 unspecified atom stereocenters. The second-order valence-corrected chi connectivity index (χ2v) is 19.1. The van der Waals surface area contributed by atoms with E-state index in [1.54, 1.807) is 0 Å². The van der Waals surface area contributed by atoms with E-state index in [0.717, 1.165) is 50.2 Å². The fourth-order valence-electron chi connectivity index (χ4n) is 12.6. The van der Waals surface area contributed by atoms with E-state index in [-0.39, 0.29) is 84.0 Å². The summed E-state index contributed by atoms with van der Waals surface area (Å²) in [6, 6.07) is 24.1. The number of pyridine rings is 2. The van der Waals surface area contributed by atoms with E-state index in [1.165, 1.54) is 22.3 Å². The van der Waals surface area contributed by atoms with Gasteiger partial charge in [-0.2, -0.15) is 0 Å². The first-order valence-electron chi connectivity index (χ1n) is 24.3. The van der Waals surface area contributed by atoms with Crippen LogP contribution in [0, 0.1) is 23.7 Å². The van der Waals surface area contributed by atoms with Gasteiger partial charge in [0.2, 0.25) is 11.8 Å². The summed E-state index contributed by atoms with van der Waals surface area (Å²) >= 11 is 0. The summed E-state index contributed by atoms with van der Waals surface area (Å²) in [4.78, 5) is 63.2. The zero-order valence-corrected chi connectivity index (χ0v) is 39.0. The molecule has 2 aromatic carbocycles. The van der Waals surface area contributed by atoms with Gasteiger partial charge in [0, 0.05) is 98.9 Å². The summed E-state index contributed by atoms with van der Waals surface area (Å²) in [6.07, 6.45) is 11.1. The lowest BCUT2D eigenvalue weighted by molar-refractivity contribution is -0.140. The molecule has 4 aromatic rings. The lowest BCUT2D eigenvalue weighted by Crippen LogP contribution is -2.47. The molecule has 12 heteroatoms. The third-order valence-corrected chi connectivity index (χ3v) is 15.5. The predicted octanol–water partition coefficient (Wildman–Crippen LogP) is 5.68. The minimum absolute atomic E-state index is 0.00608. The number of rotatable bonds is 10. The Hall–Kier alpha value is -5.40. The summed E-state index contributed by atoms with van der Waals surface area (Å²) in [7, 11) is 0. The average Bonchev–Trinajstić information content (AvgIpc) is 3.68. The maximum atomic E-state index is 14.0. The Bertz CT molecular complexity index is 2450. The molecule has 8 heterocycles. The summed E-state index contributed by atoms with van der Waals surface area (Å²) in [6.45, 7) is 13.4. The molecule has 66 heavy (non-hydrogen) atoms. The second kappa shape index (κ2) is 19.4. The topological polar surface area (TPSA) is 132 Å². The Morgan fingerprint density at radius 3 is 1.35 bits per heavy atom. The van der Waals surface area contributed by atoms with Crippen LogP contribution in [0.25, 0.3) is 12.2 Å². The van der Waals surface area contributed by atoms with Crippen LogP contribution < -0.4 is 11.1 Å². The maximum Gasteiger partial charge on any atom is 0.258 e. The Morgan fingerprint density at radius 1 is 0.591 bits per heavy atom. The van der Waals surface area contributed by atoms with Gasteiger partial charge in [0.15, 0.2) is 0 Å². The van der Waals surface area contributed by atoms with Crippen LogP contribution in [0.1, 0.15) is 97.4 Å². The van der Waals surface area contributed by atoms with Crippen molar-refractivity contribution in [3.8, 4) is 0 Å². The van der Waals surface area contributed by atoms with Crippen LogP contribution >= 0.6 is 0 Å². The van der Waals surface area contributed by atoms with Crippen molar-refractivity contribution in [3.63, 3.8) is 0 Å². The van der Waals surface area contributed by atoms with Crippen molar-refractivity contribution in [2.24, 2.45) is 23.7 Å². The first kappa shape index (κ1) is 45.7. The molecule has 2 aromatic heterocycles. The fraction of sp³-hybridized carbons (Fsp3) is 0.481. The van der Waals surface area contributed by atoms with Crippen LogP contribution in [0.2, 0.25) is 0 Å². The van der Waals surface area contributed by atoms with E-state index in [2.05, 4.69) is 60.0 Å². The van der Waals surface area contributed by atoms with Gasteiger partial charge in [0.05, 0.1) is 23.9 Å². The highest BCUT2D eigenvalue weighted by atomic mass is 16.3. The normalized spacial score (nSPS) is 26.5. The Labute approximate surface area is 388 Å². The number of allylic oxidation sites excluding steroid dienone is 2. The molecule has 0 radical (unpaired) electrons. The summed E-state index contributed by atoms with van der Waals surface area (Å²) in [5, 5.41) is 20.9. The van der Waals surface area contributed by atoms with Crippen molar-refractivity contribution in [1.29, 1.82) is 0 Å². The molecule has 6 aliphatic heterocycles. The standard InChI is InChI=1S/2C27H33N3O3/c2*1-3-7-19-10-11-22-25-24(27(33)28-14-12-18-8-5-6-9-20(18)15-28)21(17-31)23(29(25)13-4-2)16-30(22)26(19)32/h2*3,5-11,21,23-25,31H,4,12-17H2,1-2H3/b7-3+;7-3-/t2*21-,23-,24+,25+/m11/s1. The highest BCUT2D eigenvalue weighted by Crippen LogP contribution is 2.50. The smallest absolute Gasteiger partial charge is 0.258 e. The zero-order valence-electron chi connectivity index (χ0n) is 39.0. The van der Waals surface area contributed by atoms with E-state index < -0.39 is 0 Å². The summed E-state index contributed by atoms with van der Waals surface area (Å²) < 4.78 is 3.72. The molecule has 0 saturated carbocycles. The third-order valence-electron chi connectivity index (χ3n) is 15.5. The number of hydrogen-bond donors (Lipinski definition) is 2. The van der Waals surface area contributed by atoms with Gasteiger partial charge < -0.3 is 29.1 Å². The number of carbonyl (C=O) groups excluding carboxylic acids is 2. The van der Waals surface area contributed by atoms with Crippen molar-refractivity contribution in [1.82, 2.24) is 28.7 Å². The van der Waals surface area contributed by atoms with E-state index in [9.17, 15) is 29.4 Å². The number of aromatic nitrogens is 2. The highest BCUT2D eigenvalue weighted by molar-refractivity contribution is 5.82. The van der Waals surface area contributed by atoms with E-state index >= 15 is 0 Å². The monoisotopic (exact) mass is 895 g/mol. The van der Waals surface area contributed by atoms with E-state index in [1.807, 2.05) is 93.5 Å². The van der Waals surface area contributed by atoms with Gasteiger partial charge in [-0.3, -0.25) is 29.0 Å². The van der Waals surface area contributed by atoms with Gasteiger partial charge in [-0.15, -0.1) is 0 Å². The molecular weight excluding hydrogens is 829 g/mol. The average molecular weight is 895 g/mol. The molecule has 6 aliphatic rings. The van der Waals surface area contributed by atoms with Crippen molar-refractivity contribution in [3.05, 3.63) is 150 Å². The van der Waals surface area contributed by atoms with Crippen molar-refractivity contribution >= 4 is 24.0 Å². The molecule has 10 rings (SSSR count). The van der Waals surface area contributed by atoms with Gasteiger partial charge in [-0.1, -0.05) is 86.7 Å². The van der Waals surface area contributed by atoms with Crippen LogP contribution in [-0.4, -0.2) is 102 Å². The van der Waals surface area contributed by atoms with Crippen LogP contribution in [-0.2, 0) is 48.6 Å². The minimum Gasteiger partial charge on any atom is -0.396 e. The molecule has 12 nitrogen and oxygen atoms in total. The largest absolute Gasteiger partial charge is 0.396 e. The number of aliphatic hydroxyl groups is 2. The quantitative estimate of drug-likeness (QED) is 0.208. The van der Waals surface area contributed by atoms with E-state index in [0.29, 0.717) is 50.4 Å². The lowest BCUT2D eigenvalue weighted by Gasteiger charge is -2.38. The molecule has 0 spiro atoms. The van der Waals surface area contributed by atoms with E-state index in [4.69, 9.17) is 0 Å². The molecule has 4 bridgehead atoms. The first-order chi connectivity index (χ1) is 32.2. The number of aliphatic hydroxyl groups excluding tert-OH is 2. The Kier molecular flexibility index (Phi) is 13.5. The first-order valence-corrected chi connectivity index (χ1v) is 24.3. The molecule has 2 N–H and O–H groups in total. The van der Waals surface area contributed by atoms with Gasteiger partial charge in [-0.05, 0) is 99.1 Å². The molecule has 2 fully saturated rings. The van der Waals surface area contributed by atoms with Gasteiger partial charge in [0.25, 0.3) is 11.1 Å². The Morgan fingerprint density at radius 2 is 0.985 bits per heavy atom. The molecule has 0 aliphatic carbocycles. The number of fused-ring (bicyclic) bond motifs is 10. The highest BCUT2D eigenvalue weighted by Gasteiger charge is 2.57. The summed E-state index contributed by atoms with van der Waals surface area (Å²) in [5.74, 6) is -0.854. The second-order valence-electron chi connectivity index (χ2n) is 19.1. The number of carbonyl (C=O) groups is 2. The van der Waals surface area contributed by atoms with Crippen LogP contribution in [0.15, 0.2) is 94.5 Å². The van der Waals surface area contributed by atoms with Crippen LogP contribution in [0.5, 0.6) is 0 Å². The van der Waals surface area contributed by atoms with Crippen LogP contribution in [0.3, 0.4) is 0 Å². The molecule has 2 saturated heterocycles. The zero-order chi connectivity index (χ0) is 46.2. The fourth-order valence-corrected chi connectivity index (χ4v) is 12.6. The molecule has 8 atom stereocenters. The minimum atomic E-state index is -0.350.